The van der Waals surface area contributed by atoms with Crippen LogP contribution >= 0.6 is 11.6 Å². The molecule has 1 aliphatic carbocycles. The molecule has 0 unspecified atom stereocenters. The molecule has 3 N–H and O–H groups in total. The van der Waals surface area contributed by atoms with Crippen LogP contribution in [0.4, 0.5) is 15.9 Å². The van der Waals surface area contributed by atoms with Crippen molar-refractivity contribution in [3.05, 3.63) is 51.3 Å². The van der Waals surface area contributed by atoms with Gasteiger partial charge in [-0.2, -0.15) is 0 Å². The van der Waals surface area contributed by atoms with E-state index >= 15 is 0 Å². The lowest BCUT2D eigenvalue weighted by molar-refractivity contribution is -0.118. The number of hydrogen-bond donors (Lipinski definition) is 3. The highest BCUT2D eigenvalue weighted by atomic mass is 35.5. The Kier molecular flexibility index (Phi) is 6.57. The number of hydrogen-bond acceptors (Lipinski definition) is 7. The van der Waals surface area contributed by atoms with Gasteiger partial charge in [-0.3, -0.25) is 14.6 Å². The number of rotatable bonds is 6. The average Bonchev–Trinajstić information content (AvgIpc) is 2.85. The van der Waals surface area contributed by atoms with Gasteiger partial charge < -0.3 is 25.3 Å². The van der Waals surface area contributed by atoms with Gasteiger partial charge in [0.15, 0.2) is 24.0 Å². The molecule has 1 fully saturated rings. The van der Waals surface area contributed by atoms with Crippen molar-refractivity contribution in [1.82, 2.24) is 19.9 Å². The Morgan fingerprint density at radius 1 is 1.26 bits per heavy atom. The molecule has 1 amide bonds. The molecule has 2 aliphatic rings. The topological polar surface area (TPSA) is 110 Å². The van der Waals surface area contributed by atoms with Crippen molar-refractivity contribution >= 4 is 40.0 Å². The summed E-state index contributed by atoms with van der Waals surface area (Å²) in [6.45, 7) is 1.06. The predicted octanol–water partition coefficient (Wildman–Crippen LogP) is 3.21. The van der Waals surface area contributed by atoms with E-state index < -0.39 is 5.82 Å². The lowest BCUT2D eigenvalue weighted by Gasteiger charge is -2.30. The maximum Gasteiger partial charge on any atom is 0.263 e. The predicted molar refractivity (Wildman–Crippen MR) is 131 cm³/mol. The summed E-state index contributed by atoms with van der Waals surface area (Å²) in [5.74, 6) is 0.551. The molecular formula is C24H26ClFN6O3. The minimum absolute atomic E-state index is 0.0388. The minimum atomic E-state index is -0.468. The van der Waals surface area contributed by atoms with Gasteiger partial charge in [-0.05, 0) is 37.7 Å². The van der Waals surface area contributed by atoms with Gasteiger partial charge in [0, 0.05) is 38.3 Å². The first kappa shape index (κ1) is 23.5. The number of anilines is 2. The molecule has 0 atom stereocenters. The minimum Gasteiger partial charge on any atom is -0.480 e. The molecule has 1 aliphatic heterocycles. The van der Waals surface area contributed by atoms with E-state index in [0.29, 0.717) is 64.1 Å². The smallest absolute Gasteiger partial charge is 0.263 e. The maximum atomic E-state index is 14.6. The maximum absolute atomic E-state index is 14.6. The molecular weight excluding hydrogens is 475 g/mol. The second-order valence-corrected chi connectivity index (χ2v) is 9.43. The van der Waals surface area contributed by atoms with Gasteiger partial charge in [0.1, 0.15) is 0 Å². The van der Waals surface area contributed by atoms with E-state index in [-0.39, 0.29) is 18.1 Å². The van der Waals surface area contributed by atoms with E-state index in [4.69, 9.17) is 16.3 Å². The molecule has 3 aromatic rings. The zero-order valence-electron chi connectivity index (χ0n) is 19.2. The third kappa shape index (κ3) is 4.94. The van der Waals surface area contributed by atoms with Crippen LogP contribution in [0.1, 0.15) is 31.4 Å². The Bertz CT molecular complexity index is 1340. The first-order valence-corrected chi connectivity index (χ1v) is 12.0. The van der Waals surface area contributed by atoms with Crippen LogP contribution in [0.15, 0.2) is 29.2 Å². The molecule has 9 nitrogen and oxygen atoms in total. The Morgan fingerprint density at radius 2 is 2.06 bits per heavy atom. The van der Waals surface area contributed by atoms with E-state index in [2.05, 4.69) is 25.9 Å². The zero-order valence-corrected chi connectivity index (χ0v) is 20.0. The van der Waals surface area contributed by atoms with Crippen molar-refractivity contribution in [2.24, 2.45) is 13.0 Å². The van der Waals surface area contributed by atoms with Crippen molar-refractivity contribution in [2.45, 2.75) is 38.3 Å². The zero-order chi connectivity index (χ0) is 24.5. The summed E-state index contributed by atoms with van der Waals surface area (Å²) in [5, 5.41) is 9.94. The number of carbonyl (C=O) groups is 1. The number of carbonyl (C=O) groups excluding carboxylic acids is 1. The summed E-state index contributed by atoms with van der Waals surface area (Å²) in [7, 11) is 1.62. The molecule has 3 aromatic heterocycles. The Morgan fingerprint density at radius 3 is 2.86 bits per heavy atom. The number of amides is 1. The second kappa shape index (κ2) is 9.79. The van der Waals surface area contributed by atoms with E-state index in [9.17, 15) is 14.0 Å². The van der Waals surface area contributed by atoms with Crippen LogP contribution in [0.25, 0.3) is 11.0 Å². The van der Waals surface area contributed by atoms with E-state index in [1.165, 1.54) is 16.8 Å². The van der Waals surface area contributed by atoms with E-state index in [1.807, 2.05) is 0 Å². The normalized spacial score (nSPS) is 19.7. The summed E-state index contributed by atoms with van der Waals surface area (Å²) >= 11 is 6.35. The van der Waals surface area contributed by atoms with Crippen LogP contribution < -0.4 is 26.2 Å². The average molecular weight is 501 g/mol. The molecule has 5 rings (SSSR count). The van der Waals surface area contributed by atoms with Gasteiger partial charge in [0.05, 0.1) is 33.6 Å². The monoisotopic (exact) mass is 500 g/mol. The molecule has 35 heavy (non-hydrogen) atoms. The van der Waals surface area contributed by atoms with Crippen LogP contribution in [0.2, 0.25) is 5.02 Å². The van der Waals surface area contributed by atoms with Crippen LogP contribution in [0.5, 0.6) is 5.75 Å². The Labute approximate surface area is 206 Å². The van der Waals surface area contributed by atoms with Crippen LogP contribution in [-0.4, -0.2) is 39.6 Å². The van der Waals surface area contributed by atoms with Crippen LogP contribution in [0, 0.1) is 11.7 Å². The molecule has 0 bridgehead atoms. The molecule has 0 spiro atoms. The highest BCUT2D eigenvalue weighted by Gasteiger charge is 2.24. The summed E-state index contributed by atoms with van der Waals surface area (Å²) in [5.41, 5.74) is 1.82. The van der Waals surface area contributed by atoms with E-state index in [0.717, 1.165) is 25.7 Å². The summed E-state index contributed by atoms with van der Waals surface area (Å²) < 4.78 is 21.3. The SMILES string of the molecule is Cn1c(=O)ccc2ncc(F)c(NC[C@H]3CC[C@H](NCc4nc5c(cc4Cl)OCC(=O)N5)CC3)c21. The van der Waals surface area contributed by atoms with Crippen molar-refractivity contribution in [2.75, 3.05) is 23.8 Å². The largest absolute Gasteiger partial charge is 0.480 e. The number of fused-ring (bicyclic) bond motifs is 2. The number of nitrogens with one attached hydrogen (secondary N) is 3. The number of pyridine rings is 3. The highest BCUT2D eigenvalue weighted by Crippen LogP contribution is 2.31. The number of aromatic nitrogens is 3. The lowest BCUT2D eigenvalue weighted by Crippen LogP contribution is -2.34. The molecule has 184 valence electrons. The van der Waals surface area contributed by atoms with Gasteiger partial charge in [0.2, 0.25) is 0 Å². The Balaban J connectivity index is 1.16. The number of halogens is 2. The van der Waals surface area contributed by atoms with Crippen molar-refractivity contribution in [1.29, 1.82) is 0 Å². The quantitative estimate of drug-likeness (QED) is 0.476. The number of aryl methyl sites for hydroxylation is 1. The van der Waals surface area contributed by atoms with Crippen molar-refractivity contribution in [3.8, 4) is 5.75 Å². The van der Waals surface area contributed by atoms with Crippen LogP contribution in [-0.2, 0) is 18.4 Å². The van der Waals surface area contributed by atoms with Gasteiger partial charge in [-0.15, -0.1) is 0 Å². The summed E-state index contributed by atoms with van der Waals surface area (Å²) in [6, 6.07) is 5.04. The highest BCUT2D eigenvalue weighted by molar-refractivity contribution is 6.31. The second-order valence-electron chi connectivity index (χ2n) is 9.03. The molecule has 0 radical (unpaired) electrons. The first-order chi connectivity index (χ1) is 16.9. The molecule has 0 aromatic carbocycles. The van der Waals surface area contributed by atoms with Gasteiger partial charge in [-0.1, -0.05) is 11.6 Å². The molecule has 4 heterocycles. The lowest BCUT2D eigenvalue weighted by atomic mass is 9.86. The fraction of sp³-hybridized carbons (Fsp3) is 0.417. The fourth-order valence-corrected chi connectivity index (χ4v) is 4.91. The Hall–Kier alpha value is -3.24. The third-order valence-electron chi connectivity index (χ3n) is 6.69. The first-order valence-electron chi connectivity index (χ1n) is 11.6. The van der Waals surface area contributed by atoms with Crippen molar-refractivity contribution in [3.63, 3.8) is 0 Å². The molecule has 11 heteroatoms. The molecule has 0 saturated heterocycles. The number of nitrogens with zero attached hydrogens (tertiary/aromatic N) is 3. The molecule has 1 saturated carbocycles. The van der Waals surface area contributed by atoms with Gasteiger partial charge in [-0.25, -0.2) is 9.37 Å². The summed E-state index contributed by atoms with van der Waals surface area (Å²) in [6.07, 6.45) is 5.07. The third-order valence-corrected chi connectivity index (χ3v) is 7.01. The number of ether oxygens (including phenoxy) is 1. The van der Waals surface area contributed by atoms with E-state index in [1.54, 1.807) is 19.2 Å². The van der Waals surface area contributed by atoms with Gasteiger partial charge >= 0.3 is 0 Å². The van der Waals surface area contributed by atoms with Gasteiger partial charge in [0.25, 0.3) is 11.5 Å². The fourth-order valence-electron chi connectivity index (χ4n) is 4.70. The summed E-state index contributed by atoms with van der Waals surface area (Å²) in [4.78, 5) is 32.1. The van der Waals surface area contributed by atoms with Crippen molar-refractivity contribution < 1.29 is 13.9 Å². The van der Waals surface area contributed by atoms with Crippen LogP contribution in [0.3, 0.4) is 0 Å². The standard InChI is InChI=1S/C24H26ClFN6O3/c1-32-21(34)7-6-17-23(32)22(16(26)10-28-17)29-9-13-2-4-14(5-3-13)27-11-18-15(25)8-19-24(30-18)31-20(33)12-35-19/h6-8,10,13-14,27H,2-5,9,11-12H2,1H3,(H,28,29)(H,30,31,33)/t13-,14-.